The summed E-state index contributed by atoms with van der Waals surface area (Å²) in [4.78, 5) is 17.2. The van der Waals surface area contributed by atoms with E-state index < -0.39 is 11.6 Å². The van der Waals surface area contributed by atoms with Crippen molar-refractivity contribution in [3.05, 3.63) is 23.4 Å². The van der Waals surface area contributed by atoms with Crippen molar-refractivity contribution in [2.75, 3.05) is 5.73 Å². The molecule has 5 heteroatoms. The number of hydrogen-bond donors (Lipinski definition) is 2. The van der Waals surface area contributed by atoms with Crippen molar-refractivity contribution in [3.63, 3.8) is 0 Å². The van der Waals surface area contributed by atoms with Crippen molar-refractivity contribution in [2.24, 2.45) is 0 Å². The van der Waals surface area contributed by atoms with E-state index in [0.29, 0.717) is 18.3 Å². The van der Waals surface area contributed by atoms with Crippen molar-refractivity contribution in [1.29, 1.82) is 0 Å². The van der Waals surface area contributed by atoms with Crippen LogP contribution in [0.15, 0.2) is 12.1 Å². The largest absolute Gasteiger partial charge is 0.465 e. The van der Waals surface area contributed by atoms with E-state index in [0.717, 1.165) is 24.1 Å². The highest BCUT2D eigenvalue weighted by Crippen LogP contribution is 2.41. The first-order valence-corrected chi connectivity index (χ1v) is 6.55. The molecule has 1 fully saturated rings. The third kappa shape index (κ3) is 3.16. The van der Waals surface area contributed by atoms with Crippen LogP contribution in [0.5, 0.6) is 0 Å². The van der Waals surface area contributed by atoms with Crippen molar-refractivity contribution in [3.8, 4) is 0 Å². The molecule has 0 radical (unpaired) electrons. The second-order valence-electron chi connectivity index (χ2n) is 6.09. The Hall–Kier alpha value is -1.78. The number of hydrogen-bond acceptors (Lipinski definition) is 3. The van der Waals surface area contributed by atoms with Crippen LogP contribution in [0, 0.1) is 0 Å². The van der Waals surface area contributed by atoms with E-state index in [-0.39, 0.29) is 0 Å². The van der Waals surface area contributed by atoms with E-state index >= 15 is 0 Å². The summed E-state index contributed by atoms with van der Waals surface area (Å²) < 4.78 is 0. The lowest BCUT2D eigenvalue weighted by molar-refractivity contribution is 0.0953. The normalized spacial score (nSPS) is 15.3. The fourth-order valence-corrected chi connectivity index (χ4v) is 2.13. The Balaban J connectivity index is 2.29. The first kappa shape index (κ1) is 13.6. The predicted octanol–water partition coefficient (Wildman–Crippen LogP) is 2.82. The van der Waals surface area contributed by atoms with Crippen LogP contribution in [-0.4, -0.2) is 26.6 Å². The number of rotatable bonds is 3. The van der Waals surface area contributed by atoms with E-state index in [9.17, 15) is 9.90 Å². The maximum absolute atomic E-state index is 11.4. The van der Waals surface area contributed by atoms with E-state index in [4.69, 9.17) is 5.73 Å². The molecule has 1 aliphatic carbocycles. The van der Waals surface area contributed by atoms with Crippen LogP contribution in [0.2, 0.25) is 0 Å². The minimum atomic E-state index is -0.911. The standard InChI is InChI=1S/C14H21N3O2/c1-14(2,3)17(13(18)19)8-10-6-7-11(15)16-12(10)9-4-5-9/h6-7,9H,4-5,8H2,1-3H3,(H2,15,16)(H,18,19). The number of carbonyl (C=O) groups is 1. The van der Waals surface area contributed by atoms with Gasteiger partial charge in [-0.25, -0.2) is 9.78 Å². The topological polar surface area (TPSA) is 79.5 Å². The van der Waals surface area contributed by atoms with Crippen molar-refractivity contribution >= 4 is 11.9 Å². The minimum absolute atomic E-state index is 0.359. The van der Waals surface area contributed by atoms with Gasteiger partial charge < -0.3 is 10.8 Å². The smallest absolute Gasteiger partial charge is 0.408 e. The van der Waals surface area contributed by atoms with E-state index in [1.807, 2.05) is 26.8 Å². The molecular weight excluding hydrogens is 242 g/mol. The molecule has 0 aromatic carbocycles. The minimum Gasteiger partial charge on any atom is -0.465 e. The molecule has 3 N–H and O–H groups in total. The van der Waals surface area contributed by atoms with E-state index in [2.05, 4.69) is 4.98 Å². The summed E-state index contributed by atoms with van der Waals surface area (Å²) in [6.07, 6.45) is 1.32. The Kier molecular flexibility index (Phi) is 3.39. The molecule has 104 valence electrons. The third-order valence-corrected chi connectivity index (χ3v) is 3.37. The Morgan fingerprint density at radius 3 is 2.58 bits per heavy atom. The zero-order chi connectivity index (χ0) is 14.2. The SMILES string of the molecule is CC(C)(C)N(Cc1ccc(N)nc1C1CC1)C(=O)O. The van der Waals surface area contributed by atoms with Crippen molar-refractivity contribution in [1.82, 2.24) is 9.88 Å². The highest BCUT2D eigenvalue weighted by molar-refractivity contribution is 5.66. The van der Waals surface area contributed by atoms with Crippen LogP contribution in [0.1, 0.15) is 50.8 Å². The molecule has 1 aromatic rings. The predicted molar refractivity (Wildman–Crippen MR) is 73.9 cm³/mol. The lowest BCUT2D eigenvalue weighted by atomic mass is 10.0. The number of aromatic nitrogens is 1. The molecule has 1 aromatic heterocycles. The van der Waals surface area contributed by atoms with Gasteiger partial charge in [0.15, 0.2) is 0 Å². The Labute approximate surface area is 113 Å². The molecule has 0 unspecified atom stereocenters. The molecule has 1 saturated carbocycles. The summed E-state index contributed by atoms with van der Waals surface area (Å²) in [6, 6.07) is 3.64. The molecule has 0 saturated heterocycles. The fourth-order valence-electron chi connectivity index (χ4n) is 2.13. The Morgan fingerprint density at radius 2 is 2.11 bits per heavy atom. The van der Waals surface area contributed by atoms with Crippen molar-refractivity contribution < 1.29 is 9.90 Å². The number of nitrogen functional groups attached to an aromatic ring is 1. The highest BCUT2D eigenvalue weighted by Gasteiger charge is 2.31. The van der Waals surface area contributed by atoms with E-state index in [1.165, 1.54) is 4.90 Å². The number of nitrogens with zero attached hydrogens (tertiary/aromatic N) is 2. The molecule has 19 heavy (non-hydrogen) atoms. The first-order chi connectivity index (χ1) is 8.79. The summed E-state index contributed by atoms with van der Waals surface area (Å²) in [7, 11) is 0. The monoisotopic (exact) mass is 263 g/mol. The molecule has 0 atom stereocenters. The van der Waals surface area contributed by atoms with Gasteiger partial charge in [-0.2, -0.15) is 0 Å². The number of carboxylic acid groups (broad SMARTS) is 1. The van der Waals surface area contributed by atoms with Crippen LogP contribution in [0.4, 0.5) is 10.6 Å². The van der Waals surface area contributed by atoms with Crippen LogP contribution in [-0.2, 0) is 6.54 Å². The van der Waals surface area contributed by atoms with E-state index in [1.54, 1.807) is 6.07 Å². The van der Waals surface area contributed by atoms with Crippen molar-refractivity contribution in [2.45, 2.75) is 51.6 Å². The molecule has 1 heterocycles. The summed E-state index contributed by atoms with van der Waals surface area (Å²) in [5, 5.41) is 9.35. The van der Waals surface area contributed by atoms with Gasteiger partial charge in [-0.15, -0.1) is 0 Å². The molecule has 0 spiro atoms. The van der Waals surface area contributed by atoms with Crippen LogP contribution >= 0.6 is 0 Å². The molecule has 5 nitrogen and oxygen atoms in total. The van der Waals surface area contributed by atoms with Gasteiger partial charge in [0.2, 0.25) is 0 Å². The van der Waals surface area contributed by atoms with Gasteiger partial charge >= 0.3 is 6.09 Å². The van der Waals surface area contributed by atoms with Crippen LogP contribution in [0.25, 0.3) is 0 Å². The van der Waals surface area contributed by atoms with Gasteiger partial charge in [0.1, 0.15) is 5.82 Å². The lowest BCUT2D eigenvalue weighted by Gasteiger charge is -2.33. The summed E-state index contributed by atoms with van der Waals surface area (Å²) >= 11 is 0. The van der Waals surface area contributed by atoms with Gasteiger partial charge in [-0.1, -0.05) is 6.07 Å². The summed E-state index contributed by atoms with van der Waals surface area (Å²) in [6.45, 7) is 6.03. The Bertz CT molecular complexity index is 490. The van der Waals surface area contributed by atoms with Gasteiger partial charge in [0, 0.05) is 11.5 Å². The van der Waals surface area contributed by atoms with Gasteiger partial charge in [0.25, 0.3) is 0 Å². The second kappa shape index (κ2) is 4.72. The molecule has 0 bridgehead atoms. The highest BCUT2D eigenvalue weighted by atomic mass is 16.4. The average Bonchev–Trinajstić information content (AvgIpc) is 3.08. The lowest BCUT2D eigenvalue weighted by Crippen LogP contribution is -2.44. The quantitative estimate of drug-likeness (QED) is 0.878. The third-order valence-electron chi connectivity index (χ3n) is 3.37. The fraction of sp³-hybridized carbons (Fsp3) is 0.571. The number of pyridine rings is 1. The average molecular weight is 263 g/mol. The summed E-state index contributed by atoms with van der Waals surface area (Å²) in [5.41, 5.74) is 7.23. The number of anilines is 1. The van der Waals surface area contributed by atoms with Crippen LogP contribution < -0.4 is 5.73 Å². The molecule has 1 aliphatic rings. The maximum atomic E-state index is 11.4. The molecule has 2 rings (SSSR count). The number of nitrogens with two attached hydrogens (primary N) is 1. The Morgan fingerprint density at radius 1 is 1.47 bits per heavy atom. The molecular formula is C14H21N3O2. The van der Waals surface area contributed by atoms with Gasteiger partial charge in [-0.3, -0.25) is 4.90 Å². The first-order valence-electron chi connectivity index (χ1n) is 6.55. The molecule has 1 amide bonds. The second-order valence-corrected chi connectivity index (χ2v) is 6.09. The van der Waals surface area contributed by atoms with Gasteiger partial charge in [0.05, 0.1) is 12.2 Å². The summed E-state index contributed by atoms with van der Waals surface area (Å²) in [5.74, 6) is 0.956. The maximum Gasteiger partial charge on any atom is 0.408 e. The van der Waals surface area contributed by atoms with Crippen LogP contribution in [0.3, 0.4) is 0 Å². The molecule has 0 aliphatic heterocycles. The van der Waals surface area contributed by atoms with Gasteiger partial charge in [-0.05, 0) is 45.2 Å². The number of amides is 1. The zero-order valence-corrected chi connectivity index (χ0v) is 11.7. The zero-order valence-electron chi connectivity index (χ0n) is 11.7.